The Morgan fingerprint density at radius 3 is 2.60 bits per heavy atom. The normalized spacial score (nSPS) is 16.5. The number of rotatable bonds is 7. The zero-order valence-electron chi connectivity index (χ0n) is 14.9. The van der Waals surface area contributed by atoms with E-state index in [0.29, 0.717) is 13.0 Å². The summed E-state index contributed by atoms with van der Waals surface area (Å²) < 4.78 is 7.61. The van der Waals surface area contributed by atoms with E-state index >= 15 is 0 Å². The van der Waals surface area contributed by atoms with Crippen molar-refractivity contribution in [2.24, 2.45) is 7.05 Å². The fraction of sp³-hybridized carbons (Fsp3) is 0.450. The van der Waals surface area contributed by atoms with E-state index in [4.69, 9.17) is 4.74 Å². The van der Waals surface area contributed by atoms with Crippen LogP contribution in [0.2, 0.25) is 0 Å². The fourth-order valence-corrected chi connectivity index (χ4v) is 3.33. The van der Waals surface area contributed by atoms with E-state index in [1.165, 1.54) is 11.3 Å². The van der Waals surface area contributed by atoms with Crippen molar-refractivity contribution >= 4 is 5.91 Å². The Morgan fingerprint density at radius 1 is 1.16 bits per heavy atom. The quantitative estimate of drug-likeness (QED) is 0.839. The molecule has 2 heterocycles. The summed E-state index contributed by atoms with van der Waals surface area (Å²) in [6, 6.07) is 14.5. The van der Waals surface area contributed by atoms with Gasteiger partial charge in [0.15, 0.2) is 0 Å². The lowest BCUT2D eigenvalue weighted by Crippen LogP contribution is -2.44. The highest BCUT2D eigenvalue weighted by molar-refractivity contribution is 5.76. The first-order chi connectivity index (χ1) is 12.2. The number of carbonyl (C=O) groups is 1. The molecular weight excluding hydrogens is 314 g/mol. The summed E-state index contributed by atoms with van der Waals surface area (Å²) in [4.78, 5) is 14.7. The molecule has 1 atom stereocenters. The maximum absolute atomic E-state index is 12.3. The number of carbonyl (C=O) groups excluding carboxylic acids is 1. The number of aryl methyl sites for hydroxylation is 2. The van der Waals surface area contributed by atoms with Crippen LogP contribution in [0.3, 0.4) is 0 Å². The Labute approximate surface area is 149 Å². The molecule has 25 heavy (non-hydrogen) atoms. The second-order valence-electron chi connectivity index (χ2n) is 6.50. The van der Waals surface area contributed by atoms with Crippen LogP contribution in [-0.4, -0.2) is 48.2 Å². The molecule has 0 aliphatic carbocycles. The number of aromatic nitrogens is 1. The van der Waals surface area contributed by atoms with Gasteiger partial charge in [0, 0.05) is 45.0 Å². The summed E-state index contributed by atoms with van der Waals surface area (Å²) >= 11 is 0. The first-order valence-electron chi connectivity index (χ1n) is 8.97. The van der Waals surface area contributed by atoms with Crippen molar-refractivity contribution in [3.8, 4) is 0 Å². The largest absolute Gasteiger partial charge is 0.379 e. The number of benzene rings is 1. The SMILES string of the molecule is Cn1cccc1C(CNC(=O)CCc1ccccc1)N1CCOCC1. The third kappa shape index (κ3) is 4.94. The highest BCUT2D eigenvalue weighted by Crippen LogP contribution is 2.21. The minimum absolute atomic E-state index is 0.108. The minimum Gasteiger partial charge on any atom is -0.379 e. The van der Waals surface area contributed by atoms with E-state index in [-0.39, 0.29) is 11.9 Å². The van der Waals surface area contributed by atoms with Gasteiger partial charge in [-0.15, -0.1) is 0 Å². The van der Waals surface area contributed by atoms with Crippen molar-refractivity contribution < 1.29 is 9.53 Å². The van der Waals surface area contributed by atoms with Crippen molar-refractivity contribution in [1.82, 2.24) is 14.8 Å². The van der Waals surface area contributed by atoms with Gasteiger partial charge in [-0.25, -0.2) is 0 Å². The van der Waals surface area contributed by atoms with Gasteiger partial charge in [0.2, 0.25) is 5.91 Å². The summed E-state index contributed by atoms with van der Waals surface area (Å²) in [5.41, 5.74) is 2.43. The molecule has 0 spiro atoms. The van der Waals surface area contributed by atoms with Crippen LogP contribution in [0.1, 0.15) is 23.7 Å². The lowest BCUT2D eigenvalue weighted by molar-refractivity contribution is -0.121. The van der Waals surface area contributed by atoms with Crippen LogP contribution in [0, 0.1) is 0 Å². The van der Waals surface area contributed by atoms with Crippen molar-refractivity contribution in [2.75, 3.05) is 32.8 Å². The number of hydrogen-bond acceptors (Lipinski definition) is 3. The van der Waals surface area contributed by atoms with Gasteiger partial charge >= 0.3 is 0 Å². The molecule has 1 aliphatic heterocycles. The molecule has 0 radical (unpaired) electrons. The number of ether oxygens (including phenoxy) is 1. The second kappa shape index (κ2) is 8.83. The van der Waals surface area contributed by atoms with E-state index in [2.05, 4.69) is 52.3 Å². The number of nitrogens with one attached hydrogen (secondary N) is 1. The Hall–Kier alpha value is -2.11. The van der Waals surface area contributed by atoms with Gasteiger partial charge in [-0.05, 0) is 24.1 Å². The van der Waals surface area contributed by atoms with Crippen LogP contribution in [-0.2, 0) is 23.0 Å². The molecule has 3 rings (SSSR count). The number of amides is 1. The first-order valence-corrected chi connectivity index (χ1v) is 8.97. The lowest BCUT2D eigenvalue weighted by atomic mass is 10.1. The van der Waals surface area contributed by atoms with Crippen LogP contribution >= 0.6 is 0 Å². The van der Waals surface area contributed by atoms with Crippen molar-refractivity contribution in [3.63, 3.8) is 0 Å². The molecule has 1 amide bonds. The average Bonchev–Trinajstić information content (AvgIpc) is 3.08. The van der Waals surface area contributed by atoms with Gasteiger partial charge in [-0.3, -0.25) is 9.69 Å². The number of nitrogens with zero attached hydrogens (tertiary/aromatic N) is 2. The summed E-state index contributed by atoms with van der Waals surface area (Å²) in [6.07, 6.45) is 3.35. The predicted octanol–water partition coefficient (Wildman–Crippen LogP) is 2.15. The molecule has 1 fully saturated rings. The maximum atomic E-state index is 12.3. The maximum Gasteiger partial charge on any atom is 0.220 e. The Balaban J connectivity index is 1.56. The van der Waals surface area contributed by atoms with Crippen LogP contribution in [0.15, 0.2) is 48.7 Å². The summed E-state index contributed by atoms with van der Waals surface area (Å²) in [5.74, 6) is 0.108. The van der Waals surface area contributed by atoms with E-state index < -0.39 is 0 Å². The zero-order valence-corrected chi connectivity index (χ0v) is 14.9. The Kier molecular flexibility index (Phi) is 6.25. The molecule has 0 bridgehead atoms. The molecule has 5 heteroatoms. The van der Waals surface area contributed by atoms with Crippen molar-refractivity contribution in [2.45, 2.75) is 18.9 Å². The second-order valence-corrected chi connectivity index (χ2v) is 6.50. The third-order valence-electron chi connectivity index (χ3n) is 4.79. The van der Waals surface area contributed by atoms with Gasteiger partial charge < -0.3 is 14.6 Å². The van der Waals surface area contributed by atoms with Gasteiger partial charge in [0.25, 0.3) is 0 Å². The molecule has 5 nitrogen and oxygen atoms in total. The number of morpholine rings is 1. The van der Waals surface area contributed by atoms with Crippen LogP contribution in [0.25, 0.3) is 0 Å². The average molecular weight is 341 g/mol. The number of hydrogen-bond donors (Lipinski definition) is 1. The van der Waals surface area contributed by atoms with Crippen molar-refractivity contribution in [3.05, 3.63) is 59.9 Å². The molecule has 134 valence electrons. The molecule has 1 aliphatic rings. The van der Waals surface area contributed by atoms with Gasteiger partial charge in [0.1, 0.15) is 0 Å². The van der Waals surface area contributed by atoms with Gasteiger partial charge in [-0.1, -0.05) is 30.3 Å². The highest BCUT2D eigenvalue weighted by Gasteiger charge is 2.24. The highest BCUT2D eigenvalue weighted by atomic mass is 16.5. The Morgan fingerprint density at radius 2 is 1.92 bits per heavy atom. The Bertz CT molecular complexity index is 663. The molecule has 1 saturated heterocycles. The van der Waals surface area contributed by atoms with E-state index in [0.717, 1.165) is 32.7 Å². The standard InChI is InChI=1S/C20H27N3O2/c1-22-11-5-8-18(22)19(23-12-14-25-15-13-23)16-21-20(24)10-9-17-6-3-2-4-7-17/h2-8,11,19H,9-10,12-16H2,1H3,(H,21,24). The molecule has 2 aromatic rings. The topological polar surface area (TPSA) is 46.5 Å². The van der Waals surface area contributed by atoms with Crippen LogP contribution in [0.5, 0.6) is 0 Å². The molecular formula is C20H27N3O2. The van der Waals surface area contributed by atoms with E-state index in [9.17, 15) is 4.79 Å². The third-order valence-corrected chi connectivity index (χ3v) is 4.79. The molecule has 1 aromatic heterocycles. The molecule has 1 aromatic carbocycles. The minimum atomic E-state index is 0.108. The molecule has 1 N–H and O–H groups in total. The fourth-order valence-electron chi connectivity index (χ4n) is 3.33. The predicted molar refractivity (Wildman–Crippen MR) is 98.3 cm³/mol. The summed E-state index contributed by atoms with van der Waals surface area (Å²) in [5, 5.41) is 3.13. The van der Waals surface area contributed by atoms with Gasteiger partial charge in [-0.2, -0.15) is 0 Å². The van der Waals surface area contributed by atoms with Gasteiger partial charge in [0.05, 0.1) is 19.3 Å². The monoisotopic (exact) mass is 341 g/mol. The van der Waals surface area contributed by atoms with E-state index in [1.54, 1.807) is 0 Å². The smallest absolute Gasteiger partial charge is 0.220 e. The zero-order chi connectivity index (χ0) is 17.5. The van der Waals surface area contributed by atoms with Crippen LogP contribution < -0.4 is 5.32 Å². The first kappa shape index (κ1) is 17.7. The molecule has 1 unspecified atom stereocenters. The summed E-state index contributed by atoms with van der Waals surface area (Å²) in [6.45, 7) is 3.93. The van der Waals surface area contributed by atoms with E-state index in [1.807, 2.05) is 18.2 Å². The van der Waals surface area contributed by atoms with Crippen LogP contribution in [0.4, 0.5) is 0 Å². The lowest BCUT2D eigenvalue weighted by Gasteiger charge is -2.35. The molecule has 0 saturated carbocycles. The summed E-state index contributed by atoms with van der Waals surface area (Å²) in [7, 11) is 2.06. The van der Waals surface area contributed by atoms with Crippen molar-refractivity contribution in [1.29, 1.82) is 0 Å².